The monoisotopic (exact) mass is 281 g/mol. The van der Waals surface area contributed by atoms with Gasteiger partial charge in [-0.05, 0) is 39.3 Å². The maximum atomic E-state index is 11.8. The Morgan fingerprint density at radius 2 is 2.26 bits per heavy atom. The van der Waals surface area contributed by atoms with Gasteiger partial charge in [-0.2, -0.15) is 0 Å². The van der Waals surface area contributed by atoms with Crippen LogP contribution in [0.4, 0.5) is 0 Å². The fraction of sp³-hybridized carbons (Fsp3) is 0.714. The van der Waals surface area contributed by atoms with Gasteiger partial charge in [0.15, 0.2) is 0 Å². The minimum Gasteiger partial charge on any atom is -0.353 e. The molecule has 0 bridgehead atoms. The van der Waals surface area contributed by atoms with Crippen molar-refractivity contribution in [1.29, 1.82) is 0 Å². The van der Waals surface area contributed by atoms with E-state index in [1.807, 2.05) is 12.3 Å². The number of carbonyl (C=O) groups is 1. The first-order chi connectivity index (χ1) is 9.17. The third-order valence-electron chi connectivity index (χ3n) is 3.52. The molecular formula is C14H23N3OS. The second kappa shape index (κ2) is 7.01. The van der Waals surface area contributed by atoms with E-state index in [2.05, 4.69) is 22.1 Å². The van der Waals surface area contributed by atoms with E-state index in [0.29, 0.717) is 6.42 Å². The van der Waals surface area contributed by atoms with Gasteiger partial charge >= 0.3 is 0 Å². The molecule has 0 saturated carbocycles. The van der Waals surface area contributed by atoms with Crippen LogP contribution < -0.4 is 5.32 Å². The van der Waals surface area contributed by atoms with Crippen molar-refractivity contribution in [3.63, 3.8) is 0 Å². The van der Waals surface area contributed by atoms with Crippen LogP contribution in [0.25, 0.3) is 0 Å². The van der Waals surface area contributed by atoms with Crippen LogP contribution in [0.5, 0.6) is 0 Å². The van der Waals surface area contributed by atoms with Crippen LogP contribution in [0.3, 0.4) is 0 Å². The van der Waals surface area contributed by atoms with Crippen LogP contribution in [0, 0.1) is 0 Å². The van der Waals surface area contributed by atoms with Gasteiger partial charge in [0.25, 0.3) is 0 Å². The van der Waals surface area contributed by atoms with Gasteiger partial charge in [0.1, 0.15) is 5.01 Å². The van der Waals surface area contributed by atoms with Gasteiger partial charge in [-0.15, -0.1) is 11.3 Å². The number of aromatic nitrogens is 1. The molecule has 1 amide bonds. The van der Waals surface area contributed by atoms with Gasteiger partial charge < -0.3 is 5.32 Å². The minimum atomic E-state index is 0.0763. The van der Waals surface area contributed by atoms with Gasteiger partial charge in [-0.25, -0.2) is 4.98 Å². The van der Waals surface area contributed by atoms with Gasteiger partial charge in [0, 0.05) is 11.4 Å². The van der Waals surface area contributed by atoms with E-state index in [4.69, 9.17) is 0 Å². The Kier molecular flexibility index (Phi) is 5.34. The van der Waals surface area contributed by atoms with Crippen molar-refractivity contribution < 1.29 is 4.79 Å². The van der Waals surface area contributed by atoms with Gasteiger partial charge in [0.05, 0.1) is 18.7 Å². The summed E-state index contributed by atoms with van der Waals surface area (Å²) < 4.78 is 0. The van der Waals surface area contributed by atoms with E-state index in [-0.39, 0.29) is 11.9 Å². The Morgan fingerprint density at radius 3 is 2.95 bits per heavy atom. The molecule has 0 aromatic carbocycles. The summed E-state index contributed by atoms with van der Waals surface area (Å²) in [5.41, 5.74) is 0.903. The summed E-state index contributed by atoms with van der Waals surface area (Å²) in [6, 6.07) is 0.246. The minimum absolute atomic E-state index is 0.0763. The first kappa shape index (κ1) is 14.5. The third-order valence-corrected chi connectivity index (χ3v) is 4.40. The quantitative estimate of drug-likeness (QED) is 0.869. The molecule has 1 fully saturated rings. The zero-order chi connectivity index (χ0) is 13.7. The van der Waals surface area contributed by atoms with E-state index in [1.165, 1.54) is 25.9 Å². The summed E-state index contributed by atoms with van der Waals surface area (Å²) in [7, 11) is 0. The normalized spacial score (nSPS) is 17.6. The van der Waals surface area contributed by atoms with Crippen molar-refractivity contribution in [1.82, 2.24) is 15.2 Å². The number of thiazole rings is 1. The topological polar surface area (TPSA) is 45.2 Å². The number of carbonyl (C=O) groups excluding carboxylic acids is 1. The third kappa shape index (κ3) is 4.58. The number of nitrogens with zero attached hydrogens (tertiary/aromatic N) is 2. The first-order valence-corrected chi connectivity index (χ1v) is 8.00. The Morgan fingerprint density at radius 1 is 1.53 bits per heavy atom. The SMILES string of the molecule is CCC(C)NC(=O)Cc1csc(CN2CCCC2)n1. The fourth-order valence-electron chi connectivity index (χ4n) is 2.23. The maximum absolute atomic E-state index is 11.8. The molecule has 1 atom stereocenters. The molecule has 19 heavy (non-hydrogen) atoms. The molecule has 1 aliphatic heterocycles. The molecule has 1 aromatic rings. The zero-order valence-corrected chi connectivity index (χ0v) is 12.6. The molecule has 0 spiro atoms. The van der Waals surface area contributed by atoms with E-state index >= 15 is 0 Å². The molecule has 0 radical (unpaired) electrons. The number of likely N-dealkylation sites (tertiary alicyclic amines) is 1. The largest absolute Gasteiger partial charge is 0.353 e. The Labute approximate surface area is 119 Å². The summed E-state index contributed by atoms with van der Waals surface area (Å²) in [5, 5.41) is 6.12. The highest BCUT2D eigenvalue weighted by molar-refractivity contribution is 7.09. The van der Waals surface area contributed by atoms with Crippen LogP contribution in [0.1, 0.15) is 43.8 Å². The molecule has 4 nitrogen and oxygen atoms in total. The average Bonchev–Trinajstić information content (AvgIpc) is 3.01. The zero-order valence-electron chi connectivity index (χ0n) is 11.8. The number of hydrogen-bond acceptors (Lipinski definition) is 4. The predicted molar refractivity (Wildman–Crippen MR) is 78.2 cm³/mol. The lowest BCUT2D eigenvalue weighted by Crippen LogP contribution is -2.33. The van der Waals surface area contributed by atoms with E-state index in [0.717, 1.165) is 23.7 Å². The number of amides is 1. The summed E-state index contributed by atoms with van der Waals surface area (Å²) >= 11 is 1.67. The van der Waals surface area contributed by atoms with Gasteiger partial charge in [-0.3, -0.25) is 9.69 Å². The molecule has 0 aliphatic carbocycles. The van der Waals surface area contributed by atoms with E-state index in [9.17, 15) is 4.79 Å². The first-order valence-electron chi connectivity index (χ1n) is 7.12. The lowest BCUT2D eigenvalue weighted by atomic mass is 10.2. The number of hydrogen-bond donors (Lipinski definition) is 1. The molecule has 1 saturated heterocycles. The lowest BCUT2D eigenvalue weighted by molar-refractivity contribution is -0.121. The molecule has 1 unspecified atom stereocenters. The Balaban J connectivity index is 1.81. The van der Waals surface area contributed by atoms with E-state index in [1.54, 1.807) is 11.3 Å². The second-order valence-corrected chi connectivity index (χ2v) is 6.21. The lowest BCUT2D eigenvalue weighted by Gasteiger charge is -2.11. The van der Waals surface area contributed by atoms with Crippen molar-refractivity contribution in [2.75, 3.05) is 13.1 Å². The van der Waals surface area contributed by atoms with Crippen LogP contribution in [0.2, 0.25) is 0 Å². The smallest absolute Gasteiger partial charge is 0.226 e. The molecule has 1 aliphatic rings. The standard InChI is InChI=1S/C14H23N3OS/c1-3-11(2)15-13(18)8-12-10-19-14(16-12)9-17-6-4-5-7-17/h10-11H,3-9H2,1-2H3,(H,15,18). The molecule has 106 valence electrons. The highest BCUT2D eigenvalue weighted by Gasteiger charge is 2.14. The summed E-state index contributed by atoms with van der Waals surface area (Å²) in [6.45, 7) is 7.41. The molecule has 1 N–H and O–H groups in total. The van der Waals surface area contributed by atoms with Crippen LogP contribution in [-0.2, 0) is 17.8 Å². The highest BCUT2D eigenvalue weighted by Crippen LogP contribution is 2.16. The summed E-state index contributed by atoms with van der Waals surface area (Å²) in [5.74, 6) is 0.0763. The van der Waals surface area contributed by atoms with Gasteiger partial charge in [0.2, 0.25) is 5.91 Å². The predicted octanol–water partition coefficient (Wildman–Crippen LogP) is 2.20. The molecule has 2 heterocycles. The van der Waals surface area contributed by atoms with Crippen molar-refractivity contribution >= 4 is 17.2 Å². The van der Waals surface area contributed by atoms with E-state index < -0.39 is 0 Å². The summed E-state index contributed by atoms with van der Waals surface area (Å²) in [4.78, 5) is 18.8. The van der Waals surface area contributed by atoms with Crippen molar-refractivity contribution in [2.45, 2.75) is 52.1 Å². The Hall–Kier alpha value is -0.940. The fourth-order valence-corrected chi connectivity index (χ4v) is 3.06. The molecule has 5 heteroatoms. The van der Waals surface area contributed by atoms with Crippen molar-refractivity contribution in [3.05, 3.63) is 16.1 Å². The Bertz CT molecular complexity index is 413. The molecule has 2 rings (SSSR count). The summed E-state index contributed by atoms with van der Waals surface area (Å²) in [6.07, 6.45) is 3.97. The number of rotatable bonds is 6. The van der Waals surface area contributed by atoms with Crippen molar-refractivity contribution in [2.24, 2.45) is 0 Å². The second-order valence-electron chi connectivity index (χ2n) is 5.27. The van der Waals surface area contributed by atoms with Gasteiger partial charge in [-0.1, -0.05) is 6.92 Å². The van der Waals surface area contributed by atoms with Crippen molar-refractivity contribution in [3.8, 4) is 0 Å². The maximum Gasteiger partial charge on any atom is 0.226 e. The highest BCUT2D eigenvalue weighted by atomic mass is 32.1. The average molecular weight is 281 g/mol. The van der Waals surface area contributed by atoms with Crippen LogP contribution >= 0.6 is 11.3 Å². The molecular weight excluding hydrogens is 258 g/mol. The number of nitrogens with one attached hydrogen (secondary N) is 1. The van der Waals surface area contributed by atoms with Crippen LogP contribution in [0.15, 0.2) is 5.38 Å². The molecule has 1 aromatic heterocycles. The van der Waals surface area contributed by atoms with Crippen LogP contribution in [-0.4, -0.2) is 34.9 Å².